The maximum Gasteiger partial charge on any atom is 0.0679 e. The van der Waals surface area contributed by atoms with Crippen molar-refractivity contribution >= 4 is 17.0 Å². The quantitative estimate of drug-likeness (QED) is 0.799. The Morgan fingerprint density at radius 3 is 2.75 bits per heavy atom. The molecule has 1 saturated heterocycles. The monoisotopic (exact) mass is 284 g/mol. The molecule has 0 radical (unpaired) electrons. The van der Waals surface area contributed by atoms with Crippen molar-refractivity contribution in [1.29, 1.82) is 0 Å². The first-order valence-corrected chi connectivity index (χ1v) is 8.45. The molecule has 3 heteroatoms. The van der Waals surface area contributed by atoms with Crippen LogP contribution < -0.4 is 4.90 Å². The number of hydrogen-bond donors (Lipinski definition) is 0. The summed E-state index contributed by atoms with van der Waals surface area (Å²) in [5.74, 6) is 1.18. The van der Waals surface area contributed by atoms with Crippen molar-refractivity contribution in [1.82, 2.24) is 4.98 Å². The molecule has 0 atom stereocenters. The summed E-state index contributed by atoms with van der Waals surface area (Å²) in [7, 11) is 0. The van der Waals surface area contributed by atoms with Crippen molar-refractivity contribution in [3.8, 4) is 10.4 Å². The maximum absolute atomic E-state index is 5.03. The highest BCUT2D eigenvalue weighted by Gasteiger charge is 2.34. The molecule has 0 N–H and O–H groups in total. The highest BCUT2D eigenvalue weighted by Crippen LogP contribution is 2.47. The van der Waals surface area contributed by atoms with E-state index in [9.17, 15) is 0 Å². The topological polar surface area (TPSA) is 16.1 Å². The van der Waals surface area contributed by atoms with Crippen LogP contribution in [0.3, 0.4) is 0 Å². The number of thiophene rings is 1. The number of piperidine rings is 1. The SMILES string of the molecule is CC(C)c1cc(-c2cccs2)c2c(n1)C1CCN2CC1. The lowest BCUT2D eigenvalue weighted by Gasteiger charge is -2.42. The van der Waals surface area contributed by atoms with Gasteiger partial charge in [-0.1, -0.05) is 19.9 Å². The Balaban J connectivity index is 1.97. The number of fused-ring (bicyclic) bond motifs is 2. The van der Waals surface area contributed by atoms with E-state index in [1.165, 1.54) is 53.4 Å². The van der Waals surface area contributed by atoms with Crippen molar-refractivity contribution in [3.05, 3.63) is 35.0 Å². The molecule has 3 aliphatic rings. The van der Waals surface area contributed by atoms with E-state index in [0.717, 1.165) is 0 Å². The van der Waals surface area contributed by atoms with Gasteiger partial charge >= 0.3 is 0 Å². The summed E-state index contributed by atoms with van der Waals surface area (Å²) >= 11 is 1.84. The van der Waals surface area contributed by atoms with Crippen LogP contribution in [0.5, 0.6) is 0 Å². The van der Waals surface area contributed by atoms with Crippen molar-refractivity contribution in [2.75, 3.05) is 18.0 Å². The van der Waals surface area contributed by atoms with E-state index in [1.54, 1.807) is 0 Å². The molecule has 3 aliphatic heterocycles. The second kappa shape index (κ2) is 4.59. The standard InChI is InChI=1S/C17H20N2S/c1-11(2)14-10-13(15-4-3-9-20-15)17-16(18-14)12-5-7-19(17)8-6-12/h3-4,9-12H,5-8H2,1-2H3. The molecule has 2 aromatic heterocycles. The maximum atomic E-state index is 5.03. The fourth-order valence-electron chi connectivity index (χ4n) is 3.49. The molecule has 104 valence electrons. The van der Waals surface area contributed by atoms with Gasteiger partial charge in [0.05, 0.1) is 11.4 Å². The number of pyridine rings is 1. The third-order valence-electron chi connectivity index (χ3n) is 4.62. The van der Waals surface area contributed by atoms with Gasteiger partial charge in [-0.3, -0.25) is 4.98 Å². The summed E-state index contributed by atoms with van der Waals surface area (Å²) in [6.45, 7) is 6.90. The lowest BCUT2D eigenvalue weighted by Crippen LogP contribution is -2.39. The summed E-state index contributed by atoms with van der Waals surface area (Å²) in [5, 5.41) is 2.17. The number of rotatable bonds is 2. The van der Waals surface area contributed by atoms with Crippen molar-refractivity contribution in [3.63, 3.8) is 0 Å². The number of aromatic nitrogens is 1. The fraction of sp³-hybridized carbons (Fsp3) is 0.471. The zero-order valence-electron chi connectivity index (χ0n) is 12.1. The van der Waals surface area contributed by atoms with Gasteiger partial charge in [0.2, 0.25) is 0 Å². The predicted molar refractivity (Wildman–Crippen MR) is 85.8 cm³/mol. The largest absolute Gasteiger partial charge is 0.369 e. The second-order valence-electron chi connectivity index (χ2n) is 6.22. The van der Waals surface area contributed by atoms with Gasteiger partial charge in [0.1, 0.15) is 0 Å². The Kier molecular flexibility index (Phi) is 2.84. The van der Waals surface area contributed by atoms with E-state index in [4.69, 9.17) is 4.98 Å². The van der Waals surface area contributed by atoms with Crippen LogP contribution in [0.2, 0.25) is 0 Å². The van der Waals surface area contributed by atoms with Crippen molar-refractivity contribution < 1.29 is 0 Å². The minimum Gasteiger partial charge on any atom is -0.369 e. The van der Waals surface area contributed by atoms with E-state index in [1.807, 2.05) is 11.3 Å². The molecule has 2 nitrogen and oxygen atoms in total. The number of hydrogen-bond acceptors (Lipinski definition) is 3. The first-order valence-electron chi connectivity index (χ1n) is 7.57. The molecular weight excluding hydrogens is 264 g/mol. The molecule has 5 heterocycles. The third-order valence-corrected chi connectivity index (χ3v) is 5.52. The van der Waals surface area contributed by atoms with Gasteiger partial charge in [-0.15, -0.1) is 11.3 Å². The average Bonchev–Trinajstić information content (AvgIpc) is 3.01. The van der Waals surface area contributed by atoms with Crippen molar-refractivity contribution in [2.45, 2.75) is 38.5 Å². The predicted octanol–water partition coefficient (Wildman–Crippen LogP) is 4.63. The zero-order chi connectivity index (χ0) is 13.7. The molecule has 5 rings (SSSR count). The van der Waals surface area contributed by atoms with E-state index in [2.05, 4.69) is 42.3 Å². The summed E-state index contributed by atoms with van der Waals surface area (Å²) < 4.78 is 0. The number of nitrogens with zero attached hydrogens (tertiary/aromatic N) is 2. The van der Waals surface area contributed by atoms with Gasteiger partial charge in [-0.05, 0) is 36.3 Å². The van der Waals surface area contributed by atoms with Crippen LogP contribution in [0.15, 0.2) is 23.6 Å². The van der Waals surface area contributed by atoms with Crippen LogP contribution in [0, 0.1) is 0 Å². The molecule has 0 unspecified atom stereocenters. The minimum atomic E-state index is 0.495. The molecule has 0 amide bonds. The van der Waals surface area contributed by atoms with E-state index < -0.39 is 0 Å². The van der Waals surface area contributed by atoms with Crippen molar-refractivity contribution in [2.24, 2.45) is 0 Å². The third kappa shape index (κ3) is 1.80. The van der Waals surface area contributed by atoms with E-state index in [0.29, 0.717) is 11.8 Å². The van der Waals surface area contributed by atoms with Gasteiger partial charge < -0.3 is 4.90 Å². The van der Waals surface area contributed by atoms with E-state index >= 15 is 0 Å². The zero-order valence-corrected chi connectivity index (χ0v) is 12.9. The molecule has 1 fully saturated rings. The minimum absolute atomic E-state index is 0.495. The molecular formula is C17H20N2S. The van der Waals surface area contributed by atoms with Crippen LogP contribution in [0.1, 0.15) is 49.9 Å². The Hall–Kier alpha value is -1.35. The average molecular weight is 284 g/mol. The van der Waals surface area contributed by atoms with Crippen LogP contribution in [0.25, 0.3) is 10.4 Å². The summed E-state index contributed by atoms with van der Waals surface area (Å²) in [6.07, 6.45) is 2.57. The highest BCUT2D eigenvalue weighted by molar-refractivity contribution is 7.13. The van der Waals surface area contributed by atoms with Gasteiger partial charge in [0.15, 0.2) is 0 Å². The molecule has 0 saturated carbocycles. The first-order chi connectivity index (χ1) is 9.74. The Bertz CT molecular complexity index is 623. The lowest BCUT2D eigenvalue weighted by molar-refractivity contribution is 0.462. The van der Waals surface area contributed by atoms with E-state index in [-0.39, 0.29) is 0 Å². The molecule has 0 spiro atoms. The van der Waals surface area contributed by atoms with Gasteiger partial charge in [0.25, 0.3) is 0 Å². The smallest absolute Gasteiger partial charge is 0.0679 e. The number of anilines is 1. The van der Waals surface area contributed by atoms with Crippen LogP contribution >= 0.6 is 11.3 Å². The van der Waals surface area contributed by atoms with Gasteiger partial charge in [-0.25, -0.2) is 0 Å². The first kappa shape index (κ1) is 12.4. The van der Waals surface area contributed by atoms with Gasteiger partial charge in [-0.2, -0.15) is 0 Å². The highest BCUT2D eigenvalue weighted by atomic mass is 32.1. The fourth-order valence-corrected chi connectivity index (χ4v) is 4.23. The Labute approximate surface area is 124 Å². The lowest BCUT2D eigenvalue weighted by atomic mass is 9.84. The Morgan fingerprint density at radius 2 is 2.10 bits per heavy atom. The summed E-state index contributed by atoms with van der Waals surface area (Å²) in [5.41, 5.74) is 5.47. The molecule has 20 heavy (non-hydrogen) atoms. The van der Waals surface area contributed by atoms with Crippen LogP contribution in [0.4, 0.5) is 5.69 Å². The normalized spacial score (nSPS) is 17.9. The molecule has 0 aromatic carbocycles. The molecule has 0 aliphatic carbocycles. The molecule has 2 aromatic rings. The molecule has 2 bridgehead atoms. The summed E-state index contributed by atoms with van der Waals surface area (Å²) in [4.78, 5) is 8.97. The second-order valence-corrected chi connectivity index (χ2v) is 7.17. The van der Waals surface area contributed by atoms with Gasteiger partial charge in [0, 0.05) is 35.1 Å². The summed E-state index contributed by atoms with van der Waals surface area (Å²) in [6, 6.07) is 6.72. The Morgan fingerprint density at radius 1 is 1.30 bits per heavy atom. The van der Waals surface area contributed by atoms with Crippen LogP contribution in [-0.4, -0.2) is 18.1 Å². The van der Waals surface area contributed by atoms with Crippen LogP contribution in [-0.2, 0) is 0 Å².